The second-order valence-corrected chi connectivity index (χ2v) is 4.37. The zero-order chi connectivity index (χ0) is 22.7. The molecule has 24 nitrogen and oxygen atoms in total. The lowest BCUT2D eigenvalue weighted by Crippen LogP contribution is -2.53. The van der Waals surface area contributed by atoms with E-state index in [0.717, 1.165) is 0 Å². The quantitative estimate of drug-likeness (QED) is 0.134. The SMILES string of the molecule is O=[N+]([O-])OCN(CN(CN(CN(CO[N+](=O)[O-])[N+](=O)[O-])[N+](=O)[O-])[N+](=O)[O-])[N+](=O)[O-]. The highest BCUT2D eigenvalue weighted by atomic mass is 17.0. The molecular formula is C5H10N10O14. The Balaban J connectivity index is 5.32. The number of hydrogen-bond donors (Lipinski definition) is 0. The van der Waals surface area contributed by atoms with E-state index in [4.69, 9.17) is 0 Å². The first-order chi connectivity index (χ1) is 13.3. The van der Waals surface area contributed by atoms with Crippen LogP contribution >= 0.6 is 0 Å². The topological polar surface area (TPSA) is 290 Å². The number of hydrazine groups is 4. The standard InChI is InChI=1S/C5H10N10O14/c16-10(17)6(2-8(12(20)21)4-28-14(24)25)1-7(11(18)19)3-9(13(22)23)5-29-15(26)27/h1-5H2. The number of hydrogen-bond acceptors (Lipinski definition) is 14. The molecule has 0 spiro atoms. The predicted octanol–water partition coefficient (Wildman–Crippen LogP) is -2.83. The van der Waals surface area contributed by atoms with Crippen LogP contribution in [0.3, 0.4) is 0 Å². The van der Waals surface area contributed by atoms with Gasteiger partial charge in [0.2, 0.25) is 33.5 Å². The molecule has 29 heavy (non-hydrogen) atoms. The van der Waals surface area contributed by atoms with Crippen LogP contribution in [0.15, 0.2) is 0 Å². The molecule has 0 aromatic carbocycles. The highest BCUT2D eigenvalue weighted by Gasteiger charge is 2.34. The third-order valence-electron chi connectivity index (χ3n) is 2.53. The van der Waals surface area contributed by atoms with Crippen molar-refractivity contribution < 1.29 is 40.0 Å². The van der Waals surface area contributed by atoms with E-state index in [1.54, 1.807) is 0 Å². The molecule has 0 aliphatic carbocycles. The minimum Gasteiger partial charge on any atom is -0.286 e. The number of rotatable bonds is 16. The third kappa shape index (κ3) is 9.46. The Morgan fingerprint density at radius 2 is 0.724 bits per heavy atom. The molecule has 0 N–H and O–H groups in total. The largest absolute Gasteiger partial charge is 0.296 e. The highest BCUT2D eigenvalue weighted by Crippen LogP contribution is 2.03. The fourth-order valence-electron chi connectivity index (χ4n) is 1.37. The van der Waals surface area contributed by atoms with Gasteiger partial charge >= 0.3 is 0 Å². The summed E-state index contributed by atoms with van der Waals surface area (Å²) in [4.78, 5) is 71.0. The molecule has 0 aliphatic heterocycles. The lowest BCUT2D eigenvalue weighted by Gasteiger charge is -2.22. The first-order valence-corrected chi connectivity index (χ1v) is 6.46. The van der Waals surface area contributed by atoms with E-state index in [0.29, 0.717) is 0 Å². The number of nitrogens with zero attached hydrogens (tertiary/aromatic N) is 10. The fourth-order valence-corrected chi connectivity index (χ4v) is 1.37. The molecule has 164 valence electrons. The van der Waals surface area contributed by atoms with E-state index < -0.39 is 63.8 Å². The van der Waals surface area contributed by atoms with Crippen molar-refractivity contribution in [3.63, 3.8) is 0 Å². The van der Waals surface area contributed by atoms with Gasteiger partial charge in [0, 0.05) is 0 Å². The van der Waals surface area contributed by atoms with E-state index in [2.05, 4.69) is 9.68 Å². The second-order valence-electron chi connectivity index (χ2n) is 4.37. The lowest BCUT2D eigenvalue weighted by atomic mass is 10.8. The summed E-state index contributed by atoms with van der Waals surface area (Å²) in [5.74, 6) is 0. The summed E-state index contributed by atoms with van der Waals surface area (Å²) in [6, 6.07) is 0. The van der Waals surface area contributed by atoms with Crippen molar-refractivity contribution in [2.75, 3.05) is 33.5 Å². The molecule has 0 bridgehead atoms. The molecule has 0 rings (SSSR count). The maximum atomic E-state index is 11.0. The maximum Gasteiger partial charge on any atom is 0.296 e. The smallest absolute Gasteiger partial charge is 0.286 e. The number of nitro groups is 4. The van der Waals surface area contributed by atoms with Gasteiger partial charge in [-0.3, -0.25) is 9.68 Å². The fraction of sp³-hybridized carbons (Fsp3) is 1.00. The van der Waals surface area contributed by atoms with E-state index in [-0.39, 0.29) is 20.0 Å². The Labute approximate surface area is 155 Å². The van der Waals surface area contributed by atoms with Crippen molar-refractivity contribution in [1.29, 1.82) is 0 Å². The van der Waals surface area contributed by atoms with E-state index >= 15 is 0 Å². The Morgan fingerprint density at radius 3 is 0.931 bits per heavy atom. The van der Waals surface area contributed by atoms with Crippen LogP contribution in [-0.4, -0.2) is 83.8 Å². The van der Waals surface area contributed by atoms with E-state index in [9.17, 15) is 60.7 Å². The molecule has 0 saturated carbocycles. The average molecular weight is 434 g/mol. The Bertz CT molecular complexity index is 601. The molecule has 0 aromatic heterocycles. The van der Waals surface area contributed by atoms with Gasteiger partial charge in [0.05, 0.1) is 0 Å². The maximum absolute atomic E-state index is 11.0. The molecule has 0 aliphatic rings. The summed E-state index contributed by atoms with van der Waals surface area (Å²) in [7, 11) is 0. The summed E-state index contributed by atoms with van der Waals surface area (Å²) in [6.45, 7) is -6.98. The average Bonchev–Trinajstić information content (AvgIpc) is 2.57. The first kappa shape index (κ1) is 24.2. The second kappa shape index (κ2) is 11.0. The minimum absolute atomic E-state index is 0.204. The van der Waals surface area contributed by atoms with Gasteiger partial charge in [-0.15, -0.1) is 20.2 Å². The van der Waals surface area contributed by atoms with Crippen LogP contribution in [0.2, 0.25) is 0 Å². The predicted molar refractivity (Wildman–Crippen MR) is 75.8 cm³/mol. The van der Waals surface area contributed by atoms with Gasteiger partial charge in [-0.2, -0.15) is 0 Å². The highest BCUT2D eigenvalue weighted by molar-refractivity contribution is 4.43. The third-order valence-corrected chi connectivity index (χ3v) is 2.53. The molecule has 24 heteroatoms. The van der Waals surface area contributed by atoms with Gasteiger partial charge in [0.15, 0.2) is 20.1 Å². The summed E-state index contributed by atoms with van der Waals surface area (Å²) in [5, 5.41) is 54.5. The monoisotopic (exact) mass is 434 g/mol. The normalized spacial score (nSPS) is 9.66. The molecule has 0 unspecified atom stereocenters. The molecule has 0 aromatic rings. The molecular weight excluding hydrogens is 424 g/mol. The summed E-state index contributed by atoms with van der Waals surface area (Å²) in [5.41, 5.74) is 0. The van der Waals surface area contributed by atoms with Crippen molar-refractivity contribution in [3.05, 3.63) is 60.7 Å². The Hall–Kier alpha value is -4.80. The molecule has 0 fully saturated rings. The lowest BCUT2D eigenvalue weighted by molar-refractivity contribution is -0.800. The molecule has 0 saturated heterocycles. The van der Waals surface area contributed by atoms with Crippen LogP contribution in [-0.2, 0) is 9.68 Å². The van der Waals surface area contributed by atoms with Crippen molar-refractivity contribution in [2.45, 2.75) is 0 Å². The van der Waals surface area contributed by atoms with Crippen LogP contribution in [0.1, 0.15) is 0 Å². The van der Waals surface area contributed by atoms with Gasteiger partial charge < -0.3 is 0 Å². The Morgan fingerprint density at radius 1 is 0.483 bits per heavy atom. The van der Waals surface area contributed by atoms with Crippen LogP contribution in [0, 0.1) is 60.7 Å². The van der Waals surface area contributed by atoms with Gasteiger partial charge in [-0.1, -0.05) is 20.0 Å². The van der Waals surface area contributed by atoms with Crippen molar-refractivity contribution in [2.24, 2.45) is 0 Å². The van der Waals surface area contributed by atoms with Crippen molar-refractivity contribution >= 4 is 0 Å². The van der Waals surface area contributed by atoms with Crippen molar-refractivity contribution in [3.8, 4) is 0 Å². The van der Waals surface area contributed by atoms with Gasteiger partial charge in [-0.05, 0) is 0 Å². The van der Waals surface area contributed by atoms with Crippen LogP contribution in [0.25, 0.3) is 0 Å². The zero-order valence-corrected chi connectivity index (χ0v) is 13.7. The minimum atomic E-state index is -1.44. The van der Waals surface area contributed by atoms with E-state index in [1.807, 2.05) is 0 Å². The molecule has 0 radical (unpaired) electrons. The summed E-state index contributed by atoms with van der Waals surface area (Å²) in [6.07, 6.45) is 0. The van der Waals surface area contributed by atoms with Crippen LogP contribution < -0.4 is 0 Å². The van der Waals surface area contributed by atoms with Crippen LogP contribution in [0.5, 0.6) is 0 Å². The molecule has 0 atom stereocenters. The molecule has 0 heterocycles. The van der Waals surface area contributed by atoms with E-state index in [1.165, 1.54) is 0 Å². The van der Waals surface area contributed by atoms with Gasteiger partial charge in [-0.25, -0.2) is 40.5 Å². The molecule has 0 amide bonds. The Kier molecular flexibility index (Phi) is 9.20. The van der Waals surface area contributed by atoms with Crippen molar-refractivity contribution in [1.82, 2.24) is 20.0 Å². The van der Waals surface area contributed by atoms with Crippen LogP contribution in [0.4, 0.5) is 0 Å². The first-order valence-electron chi connectivity index (χ1n) is 6.46. The van der Waals surface area contributed by atoms with Gasteiger partial charge in [0.25, 0.3) is 10.2 Å². The summed E-state index contributed by atoms with van der Waals surface area (Å²) >= 11 is 0. The summed E-state index contributed by atoms with van der Waals surface area (Å²) < 4.78 is 0. The van der Waals surface area contributed by atoms with Gasteiger partial charge in [0.1, 0.15) is 0 Å². The zero-order valence-electron chi connectivity index (χ0n) is 13.7.